The van der Waals surface area contributed by atoms with E-state index in [-0.39, 0.29) is 11.8 Å². The third kappa shape index (κ3) is 3.53. The predicted octanol–water partition coefficient (Wildman–Crippen LogP) is 2.11. The lowest BCUT2D eigenvalue weighted by Crippen LogP contribution is -2.39. The zero-order chi connectivity index (χ0) is 13.9. The normalized spacial score (nSPS) is 14.3. The number of aliphatic carboxylic acids is 1. The fraction of sp³-hybridized carbons (Fsp3) is 0.583. The number of hydrogen-bond donors (Lipinski definition) is 2. The molecule has 6 heteroatoms. The Bertz CT molecular complexity index is 442. The van der Waals surface area contributed by atoms with Gasteiger partial charge in [-0.1, -0.05) is 13.8 Å². The van der Waals surface area contributed by atoms with Crippen molar-refractivity contribution in [3.8, 4) is 0 Å². The van der Waals surface area contributed by atoms with Crippen LogP contribution in [0.4, 0.5) is 0 Å². The molecule has 0 fully saturated rings. The summed E-state index contributed by atoms with van der Waals surface area (Å²) in [5.41, 5.74) is 0. The van der Waals surface area contributed by atoms with Gasteiger partial charge in [0.1, 0.15) is 4.88 Å². The van der Waals surface area contributed by atoms with E-state index in [1.165, 1.54) is 17.5 Å². The summed E-state index contributed by atoms with van der Waals surface area (Å²) in [5, 5.41) is 12.4. The molecule has 18 heavy (non-hydrogen) atoms. The summed E-state index contributed by atoms with van der Waals surface area (Å²) in [7, 11) is 0. The fourth-order valence-electron chi connectivity index (χ4n) is 1.28. The SMILES string of the molecule is CC(C)c1ncc(C(=O)NC(C)C(C)C(=O)O)s1. The van der Waals surface area contributed by atoms with Gasteiger partial charge in [0.25, 0.3) is 5.91 Å². The molecule has 0 aromatic carbocycles. The lowest BCUT2D eigenvalue weighted by molar-refractivity contribution is -0.141. The Labute approximate surface area is 110 Å². The van der Waals surface area contributed by atoms with E-state index in [9.17, 15) is 9.59 Å². The van der Waals surface area contributed by atoms with Crippen molar-refractivity contribution < 1.29 is 14.7 Å². The molecule has 0 radical (unpaired) electrons. The summed E-state index contributed by atoms with van der Waals surface area (Å²) in [4.78, 5) is 27.4. The van der Waals surface area contributed by atoms with Gasteiger partial charge in [-0.2, -0.15) is 0 Å². The van der Waals surface area contributed by atoms with E-state index in [1.807, 2.05) is 13.8 Å². The maximum absolute atomic E-state index is 11.9. The van der Waals surface area contributed by atoms with E-state index in [0.29, 0.717) is 4.88 Å². The summed E-state index contributed by atoms with van der Waals surface area (Å²) in [6.45, 7) is 7.27. The number of aromatic nitrogens is 1. The van der Waals surface area contributed by atoms with E-state index in [4.69, 9.17) is 5.11 Å². The number of carbonyl (C=O) groups is 2. The van der Waals surface area contributed by atoms with Crippen molar-refractivity contribution >= 4 is 23.2 Å². The molecule has 0 bridgehead atoms. The highest BCUT2D eigenvalue weighted by Gasteiger charge is 2.22. The Morgan fingerprint density at radius 2 is 1.94 bits per heavy atom. The van der Waals surface area contributed by atoms with Crippen LogP contribution in [0.1, 0.15) is 48.3 Å². The van der Waals surface area contributed by atoms with Crippen LogP contribution in [0.2, 0.25) is 0 Å². The summed E-state index contributed by atoms with van der Waals surface area (Å²) < 4.78 is 0. The van der Waals surface area contributed by atoms with Gasteiger partial charge in [0.05, 0.1) is 17.1 Å². The van der Waals surface area contributed by atoms with Crippen LogP contribution in [0.15, 0.2) is 6.20 Å². The molecule has 0 aliphatic heterocycles. The highest BCUT2D eigenvalue weighted by molar-refractivity contribution is 7.13. The van der Waals surface area contributed by atoms with Crippen molar-refractivity contribution in [2.75, 3.05) is 0 Å². The average Bonchev–Trinajstić information content (AvgIpc) is 2.76. The van der Waals surface area contributed by atoms with E-state index >= 15 is 0 Å². The highest BCUT2D eigenvalue weighted by Crippen LogP contribution is 2.21. The summed E-state index contributed by atoms with van der Waals surface area (Å²) in [5.74, 6) is -1.52. The molecule has 1 aromatic heterocycles. The molecule has 1 aromatic rings. The third-order valence-corrected chi connectivity index (χ3v) is 4.04. The van der Waals surface area contributed by atoms with Gasteiger partial charge >= 0.3 is 5.97 Å². The van der Waals surface area contributed by atoms with Gasteiger partial charge in [0.2, 0.25) is 0 Å². The molecule has 0 aliphatic rings. The van der Waals surface area contributed by atoms with Crippen molar-refractivity contribution in [1.82, 2.24) is 10.3 Å². The summed E-state index contributed by atoms with van der Waals surface area (Å²) in [6, 6.07) is -0.417. The largest absolute Gasteiger partial charge is 0.481 e. The number of nitrogens with one attached hydrogen (secondary N) is 1. The Hall–Kier alpha value is -1.43. The number of hydrogen-bond acceptors (Lipinski definition) is 4. The highest BCUT2D eigenvalue weighted by atomic mass is 32.1. The van der Waals surface area contributed by atoms with Gasteiger partial charge in [-0.3, -0.25) is 9.59 Å². The first-order valence-corrected chi connectivity index (χ1v) is 6.64. The molecule has 5 nitrogen and oxygen atoms in total. The molecule has 2 unspecified atom stereocenters. The molecule has 0 saturated carbocycles. The molecular weight excluding hydrogens is 252 g/mol. The first-order chi connectivity index (χ1) is 8.32. The Morgan fingerprint density at radius 3 is 2.39 bits per heavy atom. The molecule has 2 atom stereocenters. The molecule has 0 aliphatic carbocycles. The Balaban J connectivity index is 2.67. The topological polar surface area (TPSA) is 79.3 Å². The minimum absolute atomic E-state index is 0.264. The zero-order valence-corrected chi connectivity index (χ0v) is 11.7. The second kappa shape index (κ2) is 5.95. The minimum Gasteiger partial charge on any atom is -0.481 e. The van der Waals surface area contributed by atoms with Crippen LogP contribution in [-0.4, -0.2) is 28.0 Å². The van der Waals surface area contributed by atoms with E-state index in [2.05, 4.69) is 10.3 Å². The van der Waals surface area contributed by atoms with Crippen LogP contribution in [0, 0.1) is 5.92 Å². The number of rotatable bonds is 5. The Morgan fingerprint density at radius 1 is 1.33 bits per heavy atom. The first-order valence-electron chi connectivity index (χ1n) is 5.82. The first kappa shape index (κ1) is 14.6. The average molecular weight is 270 g/mol. The van der Waals surface area contributed by atoms with Crippen molar-refractivity contribution in [2.24, 2.45) is 5.92 Å². The molecule has 1 rings (SSSR count). The molecule has 100 valence electrons. The Kier molecular flexibility index (Phi) is 4.84. The molecule has 0 spiro atoms. The smallest absolute Gasteiger partial charge is 0.308 e. The molecule has 1 heterocycles. The number of amides is 1. The van der Waals surface area contributed by atoms with E-state index < -0.39 is 17.9 Å². The molecule has 1 amide bonds. The van der Waals surface area contributed by atoms with E-state index in [1.54, 1.807) is 13.8 Å². The zero-order valence-electron chi connectivity index (χ0n) is 10.9. The molecule has 2 N–H and O–H groups in total. The standard InChI is InChI=1S/C12H18N2O3S/c1-6(2)11-13-5-9(18-11)10(15)14-8(4)7(3)12(16)17/h5-8H,1-4H3,(H,14,15)(H,16,17). The number of carbonyl (C=O) groups excluding carboxylic acids is 1. The van der Waals surface area contributed by atoms with Crippen LogP contribution in [0.25, 0.3) is 0 Å². The van der Waals surface area contributed by atoms with Crippen molar-refractivity contribution in [1.29, 1.82) is 0 Å². The monoisotopic (exact) mass is 270 g/mol. The van der Waals surface area contributed by atoms with Gasteiger partial charge < -0.3 is 10.4 Å². The van der Waals surface area contributed by atoms with Crippen molar-refractivity contribution in [3.63, 3.8) is 0 Å². The van der Waals surface area contributed by atoms with Crippen molar-refractivity contribution in [3.05, 3.63) is 16.1 Å². The lowest BCUT2D eigenvalue weighted by atomic mass is 10.0. The summed E-state index contributed by atoms with van der Waals surface area (Å²) >= 11 is 1.34. The van der Waals surface area contributed by atoms with Crippen molar-refractivity contribution in [2.45, 2.75) is 39.7 Å². The third-order valence-electron chi connectivity index (χ3n) is 2.74. The van der Waals surface area contributed by atoms with Crippen LogP contribution >= 0.6 is 11.3 Å². The fourth-order valence-corrected chi connectivity index (χ4v) is 2.10. The lowest BCUT2D eigenvalue weighted by Gasteiger charge is -2.16. The van der Waals surface area contributed by atoms with Gasteiger partial charge in [-0.05, 0) is 13.8 Å². The van der Waals surface area contributed by atoms with E-state index in [0.717, 1.165) is 5.01 Å². The van der Waals surface area contributed by atoms with Gasteiger partial charge in [0.15, 0.2) is 0 Å². The minimum atomic E-state index is -0.921. The van der Waals surface area contributed by atoms with Gasteiger partial charge in [-0.15, -0.1) is 11.3 Å². The number of carboxylic acids is 1. The molecular formula is C12H18N2O3S. The number of thiazole rings is 1. The molecule has 0 saturated heterocycles. The predicted molar refractivity (Wildman–Crippen MR) is 69.9 cm³/mol. The van der Waals surface area contributed by atoms with Crippen LogP contribution < -0.4 is 5.32 Å². The maximum Gasteiger partial charge on any atom is 0.308 e. The second-order valence-electron chi connectivity index (χ2n) is 4.61. The number of nitrogens with zero attached hydrogens (tertiary/aromatic N) is 1. The quantitative estimate of drug-likeness (QED) is 0.858. The van der Waals surface area contributed by atoms with Gasteiger partial charge in [0, 0.05) is 12.0 Å². The second-order valence-corrected chi connectivity index (χ2v) is 5.67. The summed E-state index contributed by atoms with van der Waals surface area (Å²) in [6.07, 6.45) is 1.54. The number of carboxylic acid groups (broad SMARTS) is 1. The van der Waals surface area contributed by atoms with Crippen LogP contribution in [-0.2, 0) is 4.79 Å². The van der Waals surface area contributed by atoms with Gasteiger partial charge in [-0.25, -0.2) is 4.98 Å². The van der Waals surface area contributed by atoms with Crippen LogP contribution in [0.5, 0.6) is 0 Å². The maximum atomic E-state index is 11.9. The van der Waals surface area contributed by atoms with Crippen LogP contribution in [0.3, 0.4) is 0 Å².